The normalized spacial score (nSPS) is 11.8. The lowest BCUT2D eigenvalue weighted by atomic mass is 9.91. The van der Waals surface area contributed by atoms with Gasteiger partial charge in [0.1, 0.15) is 5.75 Å². The lowest BCUT2D eigenvalue weighted by molar-refractivity contribution is 0.284. The van der Waals surface area contributed by atoms with Crippen molar-refractivity contribution in [2.45, 2.75) is 33.1 Å². The second-order valence-corrected chi connectivity index (χ2v) is 5.72. The molecule has 4 heteroatoms. The highest BCUT2D eigenvalue weighted by atomic mass is 16.5. The molecule has 1 unspecified atom stereocenters. The fraction of sp³-hybridized carbons (Fsp3) is 0.429. The van der Waals surface area contributed by atoms with Crippen LogP contribution >= 0.6 is 0 Å². The van der Waals surface area contributed by atoms with Gasteiger partial charge in [-0.1, -0.05) is 30.3 Å². The molecule has 2 aromatic carbocycles. The Morgan fingerprint density at radius 2 is 1.44 bits per heavy atom. The minimum atomic E-state index is 0.152. The molecular formula is C21H29NO3. The first-order chi connectivity index (χ1) is 12.2. The minimum Gasteiger partial charge on any atom is -0.494 e. The molecule has 0 heterocycles. The monoisotopic (exact) mass is 343 g/mol. The van der Waals surface area contributed by atoms with Crippen LogP contribution in [0.5, 0.6) is 17.2 Å². The molecule has 0 aliphatic heterocycles. The largest absolute Gasteiger partial charge is 0.494 e. The molecule has 0 aliphatic carbocycles. The second-order valence-electron chi connectivity index (χ2n) is 5.72. The summed E-state index contributed by atoms with van der Waals surface area (Å²) < 4.78 is 17.4. The summed E-state index contributed by atoms with van der Waals surface area (Å²) in [4.78, 5) is 0. The van der Waals surface area contributed by atoms with Gasteiger partial charge in [0.2, 0.25) is 0 Å². The fourth-order valence-electron chi connectivity index (χ4n) is 2.99. The van der Waals surface area contributed by atoms with E-state index in [0.717, 1.165) is 34.8 Å². The first-order valence-electron chi connectivity index (χ1n) is 9.04. The Balaban J connectivity index is 2.34. The number of para-hydroxylation sites is 2. The summed E-state index contributed by atoms with van der Waals surface area (Å²) in [7, 11) is 0. The number of hydrogen-bond donors (Lipinski definition) is 1. The van der Waals surface area contributed by atoms with E-state index in [9.17, 15) is 0 Å². The van der Waals surface area contributed by atoms with Gasteiger partial charge >= 0.3 is 0 Å². The van der Waals surface area contributed by atoms with Gasteiger partial charge in [0.25, 0.3) is 0 Å². The average molecular weight is 343 g/mol. The van der Waals surface area contributed by atoms with Crippen LogP contribution in [0.25, 0.3) is 0 Å². The van der Waals surface area contributed by atoms with E-state index in [-0.39, 0.29) is 5.92 Å². The molecule has 2 aromatic rings. The standard InChI is InChI=1S/C21H29NO3/c1-4-23-19-12-8-7-11-18(19)17(15-22)14-16-10-9-13-20(24-5-2)21(16)25-6-3/h7-13,17H,4-6,14-15,22H2,1-3H3. The van der Waals surface area contributed by atoms with Crippen molar-refractivity contribution in [2.75, 3.05) is 26.4 Å². The number of ether oxygens (including phenoxy) is 3. The highest BCUT2D eigenvalue weighted by Crippen LogP contribution is 2.36. The van der Waals surface area contributed by atoms with E-state index in [1.165, 1.54) is 0 Å². The number of benzene rings is 2. The summed E-state index contributed by atoms with van der Waals surface area (Å²) >= 11 is 0. The Morgan fingerprint density at radius 1 is 0.800 bits per heavy atom. The Morgan fingerprint density at radius 3 is 2.12 bits per heavy atom. The van der Waals surface area contributed by atoms with Crippen LogP contribution < -0.4 is 19.9 Å². The molecule has 0 radical (unpaired) electrons. The lowest BCUT2D eigenvalue weighted by Gasteiger charge is -2.21. The summed E-state index contributed by atoms with van der Waals surface area (Å²) in [6, 6.07) is 14.1. The first kappa shape index (κ1) is 19.1. The van der Waals surface area contributed by atoms with E-state index in [1.54, 1.807) is 0 Å². The van der Waals surface area contributed by atoms with Gasteiger partial charge in [-0.15, -0.1) is 0 Å². The van der Waals surface area contributed by atoms with Gasteiger partial charge in [-0.3, -0.25) is 0 Å². The van der Waals surface area contributed by atoms with Gasteiger partial charge in [-0.05, 0) is 57.0 Å². The summed E-state index contributed by atoms with van der Waals surface area (Å²) in [5.41, 5.74) is 8.35. The minimum absolute atomic E-state index is 0.152. The SMILES string of the molecule is CCOc1ccccc1C(CN)Cc1cccc(OCC)c1OCC. The molecule has 0 saturated carbocycles. The van der Waals surface area contributed by atoms with Gasteiger partial charge < -0.3 is 19.9 Å². The van der Waals surface area contributed by atoms with Crippen LogP contribution in [0, 0.1) is 0 Å². The van der Waals surface area contributed by atoms with Crippen molar-refractivity contribution in [3.63, 3.8) is 0 Å². The summed E-state index contributed by atoms with van der Waals surface area (Å²) in [6.45, 7) is 8.33. The molecule has 0 spiro atoms. The Hall–Kier alpha value is -2.20. The van der Waals surface area contributed by atoms with Crippen molar-refractivity contribution < 1.29 is 14.2 Å². The molecule has 0 fully saturated rings. The van der Waals surface area contributed by atoms with E-state index in [1.807, 2.05) is 51.1 Å². The van der Waals surface area contributed by atoms with Crippen LogP contribution in [-0.2, 0) is 6.42 Å². The molecule has 136 valence electrons. The van der Waals surface area contributed by atoms with Crippen molar-refractivity contribution >= 4 is 0 Å². The smallest absolute Gasteiger partial charge is 0.164 e. The van der Waals surface area contributed by atoms with Gasteiger partial charge in [0.05, 0.1) is 19.8 Å². The van der Waals surface area contributed by atoms with Crippen molar-refractivity contribution in [1.82, 2.24) is 0 Å². The molecule has 0 amide bonds. The molecule has 0 aromatic heterocycles. The topological polar surface area (TPSA) is 53.7 Å². The number of hydrogen-bond acceptors (Lipinski definition) is 4. The summed E-state index contributed by atoms with van der Waals surface area (Å²) in [5.74, 6) is 2.66. The van der Waals surface area contributed by atoms with Crippen LogP contribution in [0.4, 0.5) is 0 Å². The van der Waals surface area contributed by atoms with E-state index < -0.39 is 0 Å². The van der Waals surface area contributed by atoms with Gasteiger partial charge in [0, 0.05) is 5.92 Å². The van der Waals surface area contributed by atoms with Crippen molar-refractivity contribution in [2.24, 2.45) is 5.73 Å². The highest BCUT2D eigenvalue weighted by Gasteiger charge is 2.19. The molecule has 4 nitrogen and oxygen atoms in total. The van der Waals surface area contributed by atoms with E-state index in [0.29, 0.717) is 26.4 Å². The third-order valence-electron chi connectivity index (χ3n) is 4.06. The quantitative estimate of drug-likeness (QED) is 0.703. The highest BCUT2D eigenvalue weighted by molar-refractivity contribution is 5.48. The predicted molar refractivity (Wildman–Crippen MR) is 102 cm³/mol. The van der Waals surface area contributed by atoms with Crippen molar-refractivity contribution in [3.8, 4) is 17.2 Å². The van der Waals surface area contributed by atoms with E-state index in [2.05, 4.69) is 12.1 Å². The Bertz CT molecular complexity index is 657. The van der Waals surface area contributed by atoms with E-state index >= 15 is 0 Å². The maximum absolute atomic E-state index is 6.11. The Kier molecular flexibility index (Phi) is 7.61. The van der Waals surface area contributed by atoms with Crippen LogP contribution in [0.2, 0.25) is 0 Å². The van der Waals surface area contributed by atoms with Crippen LogP contribution in [0.3, 0.4) is 0 Å². The molecule has 2 rings (SSSR count). The summed E-state index contributed by atoms with van der Waals surface area (Å²) in [6.07, 6.45) is 0.775. The molecule has 2 N–H and O–H groups in total. The van der Waals surface area contributed by atoms with Gasteiger partial charge in [-0.25, -0.2) is 0 Å². The van der Waals surface area contributed by atoms with Gasteiger partial charge in [-0.2, -0.15) is 0 Å². The third kappa shape index (κ3) is 4.89. The maximum Gasteiger partial charge on any atom is 0.164 e. The molecule has 1 atom stereocenters. The van der Waals surface area contributed by atoms with Crippen LogP contribution in [0.1, 0.15) is 37.8 Å². The number of rotatable bonds is 10. The first-order valence-corrected chi connectivity index (χ1v) is 9.04. The fourth-order valence-corrected chi connectivity index (χ4v) is 2.99. The second kappa shape index (κ2) is 9.94. The van der Waals surface area contributed by atoms with Crippen LogP contribution in [0.15, 0.2) is 42.5 Å². The zero-order valence-corrected chi connectivity index (χ0v) is 15.5. The third-order valence-corrected chi connectivity index (χ3v) is 4.06. The predicted octanol–water partition coefficient (Wildman–Crippen LogP) is 4.17. The molecule has 25 heavy (non-hydrogen) atoms. The zero-order valence-electron chi connectivity index (χ0n) is 15.5. The zero-order chi connectivity index (χ0) is 18.1. The van der Waals surface area contributed by atoms with Crippen molar-refractivity contribution in [1.29, 1.82) is 0 Å². The Labute approximate surface area is 150 Å². The molecule has 0 bridgehead atoms. The van der Waals surface area contributed by atoms with E-state index in [4.69, 9.17) is 19.9 Å². The molecule has 0 aliphatic rings. The van der Waals surface area contributed by atoms with Crippen LogP contribution in [-0.4, -0.2) is 26.4 Å². The maximum atomic E-state index is 6.11. The lowest BCUT2D eigenvalue weighted by Crippen LogP contribution is -2.17. The van der Waals surface area contributed by atoms with Crippen molar-refractivity contribution in [3.05, 3.63) is 53.6 Å². The van der Waals surface area contributed by atoms with Gasteiger partial charge in [0.15, 0.2) is 11.5 Å². The average Bonchev–Trinajstić information content (AvgIpc) is 2.63. The molecular weight excluding hydrogens is 314 g/mol. The molecule has 0 saturated heterocycles. The summed E-state index contributed by atoms with van der Waals surface area (Å²) in [5, 5.41) is 0. The number of nitrogens with two attached hydrogens (primary N) is 1.